The van der Waals surface area contributed by atoms with E-state index in [4.69, 9.17) is 4.74 Å². The Morgan fingerprint density at radius 1 is 1.43 bits per heavy atom. The van der Waals surface area contributed by atoms with Crippen LogP contribution in [0.5, 0.6) is 0 Å². The summed E-state index contributed by atoms with van der Waals surface area (Å²) < 4.78 is 5.34. The van der Waals surface area contributed by atoms with Crippen LogP contribution < -0.4 is 10.6 Å². The van der Waals surface area contributed by atoms with Gasteiger partial charge in [0.2, 0.25) is 0 Å². The Bertz CT molecular complexity index is 592. The number of aromatic nitrogens is 3. The van der Waals surface area contributed by atoms with E-state index in [1.807, 2.05) is 30.3 Å². The van der Waals surface area contributed by atoms with Gasteiger partial charge in [0.25, 0.3) is 5.91 Å². The number of carbonyl (C=O) groups is 1. The first-order chi connectivity index (χ1) is 10.3. The molecule has 0 saturated carbocycles. The largest absolute Gasteiger partial charge is 0.378 e. The normalized spacial score (nSPS) is 18.4. The molecular formula is C14H17N5O2. The predicted octanol–water partition coefficient (Wildman–Crippen LogP) is -0.0145. The summed E-state index contributed by atoms with van der Waals surface area (Å²) in [5.41, 5.74) is 1.12. The molecule has 110 valence electrons. The summed E-state index contributed by atoms with van der Waals surface area (Å²) in [6, 6.07) is 9.61. The van der Waals surface area contributed by atoms with Gasteiger partial charge < -0.3 is 15.4 Å². The van der Waals surface area contributed by atoms with Crippen LogP contribution in [0.2, 0.25) is 0 Å². The van der Waals surface area contributed by atoms with Crippen molar-refractivity contribution in [1.82, 2.24) is 25.6 Å². The van der Waals surface area contributed by atoms with Crippen LogP contribution in [0.15, 0.2) is 36.5 Å². The van der Waals surface area contributed by atoms with Crippen molar-refractivity contribution in [2.75, 3.05) is 26.3 Å². The van der Waals surface area contributed by atoms with Gasteiger partial charge in [-0.05, 0) is 12.1 Å². The van der Waals surface area contributed by atoms with Gasteiger partial charge in [0.15, 0.2) is 5.69 Å². The molecule has 0 radical (unpaired) electrons. The second kappa shape index (κ2) is 6.47. The maximum Gasteiger partial charge on any atom is 0.273 e. The zero-order chi connectivity index (χ0) is 14.5. The fraction of sp³-hybridized carbons (Fsp3) is 0.357. The van der Waals surface area contributed by atoms with E-state index in [9.17, 15) is 4.79 Å². The van der Waals surface area contributed by atoms with E-state index in [1.165, 1.54) is 11.0 Å². The molecule has 2 aromatic rings. The number of nitrogens with zero attached hydrogens (tertiary/aromatic N) is 3. The molecule has 7 heteroatoms. The van der Waals surface area contributed by atoms with Gasteiger partial charge in [-0.25, -0.2) is 0 Å². The molecule has 1 fully saturated rings. The Labute approximate surface area is 122 Å². The number of amides is 1. The number of para-hydroxylation sites is 1. The quantitative estimate of drug-likeness (QED) is 0.826. The highest BCUT2D eigenvalue weighted by molar-refractivity contribution is 5.91. The number of morpholine rings is 1. The van der Waals surface area contributed by atoms with Gasteiger partial charge in [-0.3, -0.25) is 4.79 Å². The third kappa shape index (κ3) is 3.45. The summed E-state index contributed by atoms with van der Waals surface area (Å²) in [4.78, 5) is 13.5. The Kier molecular flexibility index (Phi) is 4.23. The molecule has 1 aliphatic rings. The molecular weight excluding hydrogens is 270 g/mol. The molecule has 1 aromatic carbocycles. The number of rotatable bonds is 4. The lowest BCUT2D eigenvalue weighted by atomic mass is 10.2. The lowest BCUT2D eigenvalue weighted by molar-refractivity contribution is 0.0733. The summed E-state index contributed by atoms with van der Waals surface area (Å²) in [6.45, 7) is 2.65. The van der Waals surface area contributed by atoms with Crippen molar-refractivity contribution in [3.8, 4) is 5.69 Å². The lowest BCUT2D eigenvalue weighted by Crippen LogP contribution is -2.48. The smallest absolute Gasteiger partial charge is 0.273 e. The maximum absolute atomic E-state index is 12.0. The van der Waals surface area contributed by atoms with Gasteiger partial charge in [-0.15, -0.1) is 5.10 Å². The van der Waals surface area contributed by atoms with E-state index in [2.05, 4.69) is 20.8 Å². The van der Waals surface area contributed by atoms with Gasteiger partial charge in [0.1, 0.15) is 0 Å². The number of hydrogen-bond acceptors (Lipinski definition) is 5. The summed E-state index contributed by atoms with van der Waals surface area (Å²) >= 11 is 0. The third-order valence-corrected chi connectivity index (χ3v) is 3.22. The maximum atomic E-state index is 12.0. The second-order valence-corrected chi connectivity index (χ2v) is 4.79. The first kappa shape index (κ1) is 13.7. The molecule has 1 unspecified atom stereocenters. The monoisotopic (exact) mass is 287 g/mol. The number of carbonyl (C=O) groups excluding carboxylic acids is 1. The summed E-state index contributed by atoms with van der Waals surface area (Å²) in [5, 5.41) is 14.4. The van der Waals surface area contributed by atoms with Crippen LogP contribution in [0.4, 0.5) is 0 Å². The minimum absolute atomic E-state index is 0.145. The van der Waals surface area contributed by atoms with E-state index in [1.54, 1.807) is 0 Å². The van der Waals surface area contributed by atoms with Crippen LogP contribution in [0.1, 0.15) is 10.5 Å². The first-order valence-corrected chi connectivity index (χ1v) is 6.90. The Balaban J connectivity index is 1.59. The molecule has 2 N–H and O–H groups in total. The summed E-state index contributed by atoms with van der Waals surface area (Å²) in [5.74, 6) is -0.232. The van der Waals surface area contributed by atoms with Crippen molar-refractivity contribution in [3.05, 3.63) is 42.2 Å². The van der Waals surface area contributed by atoms with Gasteiger partial charge in [0.05, 0.1) is 25.1 Å². The molecule has 21 heavy (non-hydrogen) atoms. The SMILES string of the molecule is O=C(NCC1COCCN1)c1cnn(-c2ccccc2)n1. The van der Waals surface area contributed by atoms with E-state index in [0.717, 1.165) is 18.8 Å². The highest BCUT2D eigenvalue weighted by atomic mass is 16.5. The number of nitrogens with one attached hydrogen (secondary N) is 2. The zero-order valence-electron chi connectivity index (χ0n) is 11.5. The highest BCUT2D eigenvalue weighted by Crippen LogP contribution is 2.04. The molecule has 1 atom stereocenters. The van der Waals surface area contributed by atoms with Crippen molar-refractivity contribution in [2.45, 2.75) is 6.04 Å². The predicted molar refractivity (Wildman–Crippen MR) is 76.3 cm³/mol. The van der Waals surface area contributed by atoms with Gasteiger partial charge >= 0.3 is 0 Å². The topological polar surface area (TPSA) is 81.1 Å². The van der Waals surface area contributed by atoms with Crippen LogP contribution >= 0.6 is 0 Å². The van der Waals surface area contributed by atoms with Crippen LogP contribution in [0.3, 0.4) is 0 Å². The van der Waals surface area contributed by atoms with E-state index < -0.39 is 0 Å². The molecule has 1 saturated heterocycles. The van der Waals surface area contributed by atoms with E-state index >= 15 is 0 Å². The average molecular weight is 287 g/mol. The van der Waals surface area contributed by atoms with Gasteiger partial charge in [0, 0.05) is 19.1 Å². The van der Waals surface area contributed by atoms with Crippen LogP contribution in [0.25, 0.3) is 5.69 Å². The van der Waals surface area contributed by atoms with Gasteiger partial charge in [-0.2, -0.15) is 9.90 Å². The van der Waals surface area contributed by atoms with Crippen molar-refractivity contribution in [2.24, 2.45) is 0 Å². The molecule has 1 aliphatic heterocycles. The molecule has 3 rings (SSSR count). The molecule has 0 bridgehead atoms. The second-order valence-electron chi connectivity index (χ2n) is 4.79. The minimum atomic E-state index is -0.232. The molecule has 2 heterocycles. The van der Waals surface area contributed by atoms with Crippen LogP contribution in [-0.2, 0) is 4.74 Å². The Morgan fingerprint density at radius 2 is 2.29 bits per heavy atom. The molecule has 7 nitrogen and oxygen atoms in total. The first-order valence-electron chi connectivity index (χ1n) is 6.90. The number of ether oxygens (including phenoxy) is 1. The van der Waals surface area contributed by atoms with Gasteiger partial charge in [-0.1, -0.05) is 18.2 Å². The highest BCUT2D eigenvalue weighted by Gasteiger charge is 2.16. The molecule has 0 spiro atoms. The van der Waals surface area contributed by atoms with Crippen molar-refractivity contribution in [1.29, 1.82) is 0 Å². The van der Waals surface area contributed by atoms with Crippen molar-refractivity contribution < 1.29 is 9.53 Å². The fourth-order valence-corrected chi connectivity index (χ4v) is 2.11. The molecule has 1 amide bonds. The van der Waals surface area contributed by atoms with Crippen molar-refractivity contribution >= 4 is 5.91 Å². The molecule has 1 aromatic heterocycles. The van der Waals surface area contributed by atoms with E-state index in [0.29, 0.717) is 18.8 Å². The van der Waals surface area contributed by atoms with E-state index in [-0.39, 0.29) is 11.9 Å². The summed E-state index contributed by atoms with van der Waals surface area (Å²) in [7, 11) is 0. The zero-order valence-corrected chi connectivity index (χ0v) is 11.5. The Morgan fingerprint density at radius 3 is 3.05 bits per heavy atom. The van der Waals surface area contributed by atoms with Crippen LogP contribution in [0, 0.1) is 0 Å². The average Bonchev–Trinajstić information content (AvgIpc) is 3.04. The summed E-state index contributed by atoms with van der Waals surface area (Å²) in [6.07, 6.45) is 1.47. The lowest BCUT2D eigenvalue weighted by Gasteiger charge is -2.23. The van der Waals surface area contributed by atoms with Crippen molar-refractivity contribution in [3.63, 3.8) is 0 Å². The number of hydrogen-bond donors (Lipinski definition) is 2. The van der Waals surface area contributed by atoms with Crippen LogP contribution in [-0.4, -0.2) is 53.2 Å². The third-order valence-electron chi connectivity index (χ3n) is 3.22. The number of benzene rings is 1. The minimum Gasteiger partial charge on any atom is -0.378 e. The Hall–Kier alpha value is -2.25. The fourth-order valence-electron chi connectivity index (χ4n) is 2.11. The standard InChI is InChI=1S/C14H17N5O2/c20-14(16-8-11-10-21-7-6-15-11)13-9-17-19(18-13)12-4-2-1-3-5-12/h1-5,9,11,15H,6-8,10H2,(H,16,20). The molecule has 0 aliphatic carbocycles.